The first-order chi connectivity index (χ1) is 6.75. The Balaban J connectivity index is 2.27. The van der Waals surface area contributed by atoms with Crippen molar-refractivity contribution in [3.8, 4) is 0 Å². The van der Waals surface area contributed by atoms with Crippen molar-refractivity contribution in [2.75, 3.05) is 0 Å². The lowest BCUT2D eigenvalue weighted by atomic mass is 10.4. The third kappa shape index (κ3) is 1.71. The van der Waals surface area contributed by atoms with Gasteiger partial charge >= 0.3 is 0 Å². The van der Waals surface area contributed by atoms with Crippen LogP contribution in [0.15, 0.2) is 34.0 Å². The van der Waals surface area contributed by atoms with Gasteiger partial charge in [-0.1, -0.05) is 5.16 Å². The summed E-state index contributed by atoms with van der Waals surface area (Å²) in [6.07, 6.45) is 4.45. The molecule has 0 aliphatic heterocycles. The molecule has 0 radical (unpaired) electrons. The van der Waals surface area contributed by atoms with Crippen LogP contribution in [0.25, 0.3) is 0 Å². The van der Waals surface area contributed by atoms with E-state index in [-0.39, 0.29) is 5.56 Å². The smallest absolute Gasteiger partial charge is 0.269 e. The van der Waals surface area contributed by atoms with Crippen LogP contribution < -0.4 is 5.56 Å². The molecule has 2 aromatic rings. The van der Waals surface area contributed by atoms with Crippen LogP contribution in [0.1, 0.15) is 11.5 Å². The van der Waals surface area contributed by atoms with Crippen molar-refractivity contribution >= 4 is 0 Å². The van der Waals surface area contributed by atoms with Crippen LogP contribution in [0.3, 0.4) is 0 Å². The number of aromatic nitrogens is 3. The van der Waals surface area contributed by atoms with Gasteiger partial charge < -0.3 is 9.09 Å². The molecule has 2 rings (SSSR count). The largest absolute Gasteiger partial charge is 0.361 e. The second-order valence-corrected chi connectivity index (χ2v) is 2.97. The first-order valence-corrected chi connectivity index (χ1v) is 4.18. The van der Waals surface area contributed by atoms with Crippen LogP contribution in [-0.2, 0) is 6.54 Å². The fourth-order valence-corrected chi connectivity index (χ4v) is 1.17. The Hall–Kier alpha value is -1.91. The number of nitrogens with zero attached hydrogens (tertiary/aromatic N) is 3. The summed E-state index contributed by atoms with van der Waals surface area (Å²) in [4.78, 5) is 15.0. The number of hydrogen-bond donors (Lipinski definition) is 0. The summed E-state index contributed by atoms with van der Waals surface area (Å²) >= 11 is 0. The molecule has 0 amide bonds. The molecule has 0 spiro atoms. The van der Waals surface area contributed by atoms with Gasteiger partial charge in [-0.05, 0) is 6.92 Å². The molecule has 2 aromatic heterocycles. The monoisotopic (exact) mass is 191 g/mol. The summed E-state index contributed by atoms with van der Waals surface area (Å²) in [5.74, 6) is 0.738. The van der Waals surface area contributed by atoms with Gasteiger partial charge in [0.15, 0.2) is 0 Å². The lowest BCUT2D eigenvalue weighted by Crippen LogP contribution is -2.19. The van der Waals surface area contributed by atoms with Crippen molar-refractivity contribution in [1.82, 2.24) is 14.7 Å². The van der Waals surface area contributed by atoms with Gasteiger partial charge in [0.2, 0.25) is 0 Å². The Labute approximate surface area is 80.0 Å². The minimum atomic E-state index is -0.145. The quantitative estimate of drug-likeness (QED) is 0.696. The van der Waals surface area contributed by atoms with Gasteiger partial charge in [-0.15, -0.1) is 0 Å². The second kappa shape index (κ2) is 3.45. The van der Waals surface area contributed by atoms with Gasteiger partial charge in [0.1, 0.15) is 11.5 Å². The van der Waals surface area contributed by atoms with Crippen molar-refractivity contribution in [2.24, 2.45) is 0 Å². The first-order valence-electron chi connectivity index (χ1n) is 4.18. The van der Waals surface area contributed by atoms with Gasteiger partial charge in [0.05, 0.1) is 12.7 Å². The van der Waals surface area contributed by atoms with Crippen LogP contribution in [0.4, 0.5) is 0 Å². The molecule has 0 saturated carbocycles. The molecule has 14 heavy (non-hydrogen) atoms. The number of rotatable bonds is 2. The highest BCUT2D eigenvalue weighted by Crippen LogP contribution is 2.01. The van der Waals surface area contributed by atoms with E-state index in [1.54, 1.807) is 18.5 Å². The van der Waals surface area contributed by atoms with Gasteiger partial charge in [0.25, 0.3) is 5.56 Å². The highest BCUT2D eigenvalue weighted by molar-refractivity contribution is 5.04. The van der Waals surface area contributed by atoms with E-state index in [9.17, 15) is 4.79 Å². The van der Waals surface area contributed by atoms with Crippen LogP contribution in [-0.4, -0.2) is 14.7 Å². The van der Waals surface area contributed by atoms with E-state index in [0.29, 0.717) is 6.54 Å². The molecule has 5 heteroatoms. The summed E-state index contributed by atoms with van der Waals surface area (Å²) in [5.41, 5.74) is 0.587. The molecule has 5 nitrogen and oxygen atoms in total. The van der Waals surface area contributed by atoms with Gasteiger partial charge in [-0.2, -0.15) is 0 Å². The summed E-state index contributed by atoms with van der Waals surface area (Å²) in [5, 5.41) is 3.80. The van der Waals surface area contributed by atoms with E-state index in [1.165, 1.54) is 10.8 Å². The predicted molar refractivity (Wildman–Crippen MR) is 48.8 cm³/mol. The van der Waals surface area contributed by atoms with E-state index in [4.69, 9.17) is 4.52 Å². The molecule has 0 aliphatic carbocycles. The Morgan fingerprint density at radius 2 is 2.43 bits per heavy atom. The van der Waals surface area contributed by atoms with Crippen LogP contribution >= 0.6 is 0 Å². The SMILES string of the molecule is Cc1cc(Cn2ccncc2=O)no1. The minimum absolute atomic E-state index is 0.145. The standard InChI is InChI=1S/C9H9N3O2/c1-7-4-8(11-14-7)6-12-3-2-10-5-9(12)13/h2-5H,6H2,1H3. The fourth-order valence-electron chi connectivity index (χ4n) is 1.17. The van der Waals surface area contributed by atoms with E-state index in [1.807, 2.05) is 6.92 Å². The Morgan fingerprint density at radius 3 is 3.07 bits per heavy atom. The van der Waals surface area contributed by atoms with E-state index < -0.39 is 0 Å². The average Bonchev–Trinajstić information content (AvgIpc) is 2.56. The van der Waals surface area contributed by atoms with Gasteiger partial charge in [-0.25, -0.2) is 0 Å². The molecule has 0 bridgehead atoms. The molecule has 0 aliphatic rings. The predicted octanol–water partition coefficient (Wildman–Crippen LogP) is 0.588. The maximum Gasteiger partial charge on any atom is 0.269 e. The average molecular weight is 191 g/mol. The van der Waals surface area contributed by atoms with Crippen LogP contribution in [0.5, 0.6) is 0 Å². The molecule has 72 valence electrons. The second-order valence-electron chi connectivity index (χ2n) is 2.97. The third-order valence-electron chi connectivity index (χ3n) is 1.81. The van der Waals surface area contributed by atoms with Crippen LogP contribution in [0, 0.1) is 6.92 Å². The fraction of sp³-hybridized carbons (Fsp3) is 0.222. The summed E-state index contributed by atoms with van der Waals surface area (Å²) in [6.45, 7) is 2.23. The van der Waals surface area contributed by atoms with Crippen molar-refractivity contribution in [3.05, 3.63) is 46.5 Å². The zero-order chi connectivity index (χ0) is 9.97. The van der Waals surface area contributed by atoms with E-state index in [2.05, 4.69) is 10.1 Å². The number of aryl methyl sites for hydroxylation is 1. The van der Waals surface area contributed by atoms with E-state index >= 15 is 0 Å². The zero-order valence-corrected chi connectivity index (χ0v) is 7.67. The maximum absolute atomic E-state index is 11.3. The first kappa shape index (κ1) is 8.68. The maximum atomic E-state index is 11.3. The van der Waals surface area contributed by atoms with Gasteiger partial charge in [0, 0.05) is 18.5 Å². The van der Waals surface area contributed by atoms with E-state index in [0.717, 1.165) is 11.5 Å². The molecule has 0 N–H and O–H groups in total. The van der Waals surface area contributed by atoms with Gasteiger partial charge in [-0.3, -0.25) is 9.78 Å². The topological polar surface area (TPSA) is 60.9 Å². The molecule has 0 saturated heterocycles. The number of hydrogen-bond acceptors (Lipinski definition) is 4. The van der Waals surface area contributed by atoms with Crippen molar-refractivity contribution < 1.29 is 4.52 Å². The Morgan fingerprint density at radius 1 is 1.57 bits per heavy atom. The highest BCUT2D eigenvalue weighted by Gasteiger charge is 2.01. The third-order valence-corrected chi connectivity index (χ3v) is 1.81. The lowest BCUT2D eigenvalue weighted by molar-refractivity contribution is 0.388. The Kier molecular flexibility index (Phi) is 2.14. The molecule has 2 heterocycles. The summed E-state index contributed by atoms with van der Waals surface area (Å²) < 4.78 is 6.41. The molecule has 0 unspecified atom stereocenters. The highest BCUT2D eigenvalue weighted by atomic mass is 16.5. The van der Waals surface area contributed by atoms with Crippen molar-refractivity contribution in [3.63, 3.8) is 0 Å². The van der Waals surface area contributed by atoms with Crippen molar-refractivity contribution in [2.45, 2.75) is 13.5 Å². The lowest BCUT2D eigenvalue weighted by Gasteiger charge is -1.99. The molecule has 0 atom stereocenters. The molecular weight excluding hydrogens is 182 g/mol. The molecule has 0 fully saturated rings. The molecular formula is C9H9N3O2. The minimum Gasteiger partial charge on any atom is -0.361 e. The normalized spacial score (nSPS) is 10.4. The van der Waals surface area contributed by atoms with Crippen molar-refractivity contribution in [1.29, 1.82) is 0 Å². The summed E-state index contributed by atoms with van der Waals surface area (Å²) in [7, 11) is 0. The Bertz CT molecular complexity index is 487. The molecule has 0 aromatic carbocycles. The summed E-state index contributed by atoms with van der Waals surface area (Å²) in [6, 6.07) is 1.80. The van der Waals surface area contributed by atoms with Crippen LogP contribution in [0.2, 0.25) is 0 Å². The zero-order valence-electron chi connectivity index (χ0n) is 7.67.